The Morgan fingerprint density at radius 3 is 2.50 bits per heavy atom. The highest BCUT2D eigenvalue weighted by Gasteiger charge is 2.07. The Kier molecular flexibility index (Phi) is 4.10. The molecule has 8 heteroatoms. The summed E-state index contributed by atoms with van der Waals surface area (Å²) >= 11 is 5.78. The number of hydrogen-bond donors (Lipinski definition) is 2. The highest BCUT2D eigenvalue weighted by atomic mass is 35.5. The van der Waals surface area contributed by atoms with Gasteiger partial charge in [0.25, 0.3) is 0 Å². The first-order chi connectivity index (χ1) is 9.38. The first-order valence-corrected chi connectivity index (χ1v) is 7.93. The lowest BCUT2D eigenvalue weighted by Gasteiger charge is -2.09. The van der Waals surface area contributed by atoms with Crippen molar-refractivity contribution >= 4 is 32.9 Å². The van der Waals surface area contributed by atoms with E-state index in [-0.39, 0.29) is 15.7 Å². The number of nitrogens with zero attached hydrogens (tertiary/aromatic N) is 2. The number of nitrogen functional groups attached to an aromatic ring is 1. The summed E-state index contributed by atoms with van der Waals surface area (Å²) in [5.74, 6) is 0.442. The van der Waals surface area contributed by atoms with Crippen molar-refractivity contribution in [2.45, 2.75) is 11.4 Å². The lowest BCUT2D eigenvalue weighted by molar-refractivity contribution is 0.602. The van der Waals surface area contributed by atoms with Gasteiger partial charge in [0, 0.05) is 12.8 Å². The molecule has 0 bridgehead atoms. The van der Waals surface area contributed by atoms with Crippen LogP contribution >= 0.6 is 11.6 Å². The van der Waals surface area contributed by atoms with Gasteiger partial charge in [-0.25, -0.2) is 18.4 Å². The molecule has 0 saturated carbocycles. The Balaban J connectivity index is 2.10. The maximum atomic E-state index is 11.3. The number of sulfone groups is 1. The highest BCUT2D eigenvalue weighted by molar-refractivity contribution is 7.90. The quantitative estimate of drug-likeness (QED) is 0.834. The van der Waals surface area contributed by atoms with Gasteiger partial charge in [-0.05, 0) is 17.7 Å². The van der Waals surface area contributed by atoms with Gasteiger partial charge in [0.15, 0.2) is 20.8 Å². The van der Waals surface area contributed by atoms with Crippen LogP contribution in [0.3, 0.4) is 0 Å². The molecule has 0 aliphatic carbocycles. The standard InChI is InChI=1S/C12H13ClN4O2S/c1-20(18,19)9-4-2-8(3-5-9)6-15-12-10(14)11(13)16-7-17-12/h2-5,7H,6,14H2,1H3,(H,15,16,17). The molecule has 0 amide bonds. The molecule has 0 atom stereocenters. The summed E-state index contributed by atoms with van der Waals surface area (Å²) in [6, 6.07) is 6.57. The van der Waals surface area contributed by atoms with E-state index in [1.165, 1.54) is 12.6 Å². The van der Waals surface area contributed by atoms with Gasteiger partial charge in [-0.1, -0.05) is 23.7 Å². The molecule has 0 unspecified atom stereocenters. The second kappa shape index (κ2) is 5.64. The Morgan fingerprint density at radius 2 is 1.90 bits per heavy atom. The molecule has 1 aromatic carbocycles. The van der Waals surface area contributed by atoms with Crippen LogP contribution in [0.1, 0.15) is 5.56 Å². The molecule has 0 saturated heterocycles. The zero-order valence-electron chi connectivity index (χ0n) is 10.7. The molecule has 0 aliphatic heterocycles. The van der Waals surface area contributed by atoms with E-state index in [1.54, 1.807) is 24.3 Å². The fraction of sp³-hybridized carbons (Fsp3) is 0.167. The van der Waals surface area contributed by atoms with Crippen LogP contribution < -0.4 is 11.1 Å². The number of rotatable bonds is 4. The van der Waals surface area contributed by atoms with Crippen molar-refractivity contribution in [1.29, 1.82) is 0 Å². The second-order valence-electron chi connectivity index (χ2n) is 4.20. The molecule has 0 spiro atoms. The van der Waals surface area contributed by atoms with Crippen LogP contribution in [-0.2, 0) is 16.4 Å². The van der Waals surface area contributed by atoms with E-state index in [4.69, 9.17) is 17.3 Å². The number of benzene rings is 1. The molecular weight excluding hydrogens is 300 g/mol. The molecule has 0 fully saturated rings. The van der Waals surface area contributed by atoms with Gasteiger partial charge in [-0.15, -0.1) is 0 Å². The van der Waals surface area contributed by atoms with E-state index < -0.39 is 9.84 Å². The third-order valence-electron chi connectivity index (χ3n) is 2.65. The third-order valence-corrected chi connectivity index (χ3v) is 4.08. The number of aromatic nitrogens is 2. The number of halogens is 1. The molecular formula is C12H13ClN4O2S. The topological polar surface area (TPSA) is 98.0 Å². The predicted octanol–water partition coefficient (Wildman–Crippen LogP) is 1.73. The van der Waals surface area contributed by atoms with E-state index in [0.29, 0.717) is 12.4 Å². The number of nitrogens with two attached hydrogens (primary N) is 1. The number of hydrogen-bond acceptors (Lipinski definition) is 6. The summed E-state index contributed by atoms with van der Waals surface area (Å²) in [7, 11) is -3.18. The summed E-state index contributed by atoms with van der Waals surface area (Å²) < 4.78 is 22.7. The minimum atomic E-state index is -3.18. The van der Waals surface area contributed by atoms with Crippen molar-refractivity contribution in [1.82, 2.24) is 9.97 Å². The van der Waals surface area contributed by atoms with Gasteiger partial charge in [0.1, 0.15) is 12.0 Å². The summed E-state index contributed by atoms with van der Waals surface area (Å²) in [4.78, 5) is 8.02. The van der Waals surface area contributed by atoms with Crippen molar-refractivity contribution in [3.8, 4) is 0 Å². The van der Waals surface area contributed by atoms with Crippen LogP contribution in [-0.4, -0.2) is 24.6 Å². The average Bonchev–Trinajstić information content (AvgIpc) is 2.40. The Morgan fingerprint density at radius 1 is 1.25 bits per heavy atom. The van der Waals surface area contributed by atoms with Crippen LogP contribution in [0.2, 0.25) is 5.15 Å². The van der Waals surface area contributed by atoms with Crippen LogP contribution in [0.25, 0.3) is 0 Å². The molecule has 3 N–H and O–H groups in total. The first-order valence-electron chi connectivity index (χ1n) is 5.67. The minimum absolute atomic E-state index is 0.190. The molecule has 20 heavy (non-hydrogen) atoms. The van der Waals surface area contributed by atoms with Gasteiger partial charge < -0.3 is 11.1 Å². The third kappa shape index (κ3) is 3.37. The Hall–Kier alpha value is -1.86. The van der Waals surface area contributed by atoms with Gasteiger partial charge >= 0.3 is 0 Å². The SMILES string of the molecule is CS(=O)(=O)c1ccc(CNc2ncnc(Cl)c2N)cc1. The fourth-order valence-corrected chi connectivity index (χ4v) is 2.32. The van der Waals surface area contributed by atoms with Gasteiger partial charge in [-0.3, -0.25) is 0 Å². The van der Waals surface area contributed by atoms with Crippen molar-refractivity contribution in [3.05, 3.63) is 41.3 Å². The monoisotopic (exact) mass is 312 g/mol. The Bertz CT molecular complexity index is 717. The first kappa shape index (κ1) is 14.5. The second-order valence-corrected chi connectivity index (χ2v) is 6.57. The Labute approximate surface area is 121 Å². The molecule has 1 heterocycles. The van der Waals surface area contributed by atoms with Crippen LogP contribution in [0, 0.1) is 0 Å². The zero-order chi connectivity index (χ0) is 14.8. The molecule has 0 aliphatic rings. The summed E-state index contributed by atoms with van der Waals surface area (Å²) in [5, 5.41) is 3.21. The predicted molar refractivity (Wildman–Crippen MR) is 78.3 cm³/mol. The van der Waals surface area contributed by atoms with Crippen LogP contribution in [0.5, 0.6) is 0 Å². The van der Waals surface area contributed by atoms with Crippen LogP contribution in [0.4, 0.5) is 11.5 Å². The molecule has 6 nitrogen and oxygen atoms in total. The smallest absolute Gasteiger partial charge is 0.175 e. The highest BCUT2D eigenvalue weighted by Crippen LogP contribution is 2.22. The molecule has 0 radical (unpaired) electrons. The number of nitrogens with one attached hydrogen (secondary N) is 1. The van der Waals surface area contributed by atoms with Crippen molar-refractivity contribution in [3.63, 3.8) is 0 Å². The fourth-order valence-electron chi connectivity index (χ4n) is 1.56. The summed E-state index contributed by atoms with van der Waals surface area (Å²) in [5.41, 5.74) is 6.90. The summed E-state index contributed by atoms with van der Waals surface area (Å²) in [6.07, 6.45) is 2.48. The van der Waals surface area contributed by atoms with E-state index in [1.807, 2.05) is 0 Å². The van der Waals surface area contributed by atoms with E-state index >= 15 is 0 Å². The molecule has 106 valence electrons. The maximum absolute atomic E-state index is 11.3. The zero-order valence-corrected chi connectivity index (χ0v) is 12.2. The minimum Gasteiger partial charge on any atom is -0.393 e. The molecule has 2 aromatic rings. The summed E-state index contributed by atoms with van der Waals surface area (Å²) in [6.45, 7) is 0.446. The van der Waals surface area contributed by atoms with E-state index in [9.17, 15) is 8.42 Å². The largest absolute Gasteiger partial charge is 0.393 e. The van der Waals surface area contributed by atoms with Crippen LogP contribution in [0.15, 0.2) is 35.5 Å². The molecule has 2 rings (SSSR count). The van der Waals surface area contributed by atoms with Crippen molar-refractivity contribution < 1.29 is 8.42 Å². The van der Waals surface area contributed by atoms with Gasteiger partial charge in [0.2, 0.25) is 0 Å². The normalized spacial score (nSPS) is 11.3. The van der Waals surface area contributed by atoms with E-state index in [2.05, 4.69) is 15.3 Å². The lowest BCUT2D eigenvalue weighted by atomic mass is 10.2. The van der Waals surface area contributed by atoms with E-state index in [0.717, 1.165) is 5.56 Å². The molecule has 1 aromatic heterocycles. The number of anilines is 2. The van der Waals surface area contributed by atoms with Crippen molar-refractivity contribution in [2.75, 3.05) is 17.3 Å². The van der Waals surface area contributed by atoms with Gasteiger partial charge in [0.05, 0.1) is 4.90 Å². The maximum Gasteiger partial charge on any atom is 0.175 e. The lowest BCUT2D eigenvalue weighted by Crippen LogP contribution is -2.06. The van der Waals surface area contributed by atoms with Gasteiger partial charge in [-0.2, -0.15) is 0 Å². The average molecular weight is 313 g/mol. The van der Waals surface area contributed by atoms with Crippen molar-refractivity contribution in [2.24, 2.45) is 0 Å².